The lowest BCUT2D eigenvalue weighted by atomic mass is 10.1. The molecule has 0 saturated heterocycles. The van der Waals surface area contributed by atoms with Crippen LogP contribution >= 0.6 is 0 Å². The number of phenolic OH excluding ortho intramolecular Hbond substituents is 2. The molecule has 2 aromatic rings. The second-order valence-corrected chi connectivity index (χ2v) is 9.48. The lowest BCUT2D eigenvalue weighted by Crippen LogP contribution is -2.34. The smallest absolute Gasteiger partial charge is 0.257 e. The van der Waals surface area contributed by atoms with Crippen LogP contribution in [0.1, 0.15) is 31.1 Å². The molecule has 270 valence electrons. The Bertz CT molecular complexity index is 3560. The van der Waals surface area contributed by atoms with Gasteiger partial charge in [0.15, 0.2) is 5.82 Å². The van der Waals surface area contributed by atoms with Crippen LogP contribution < -0.4 is 16.0 Å². The molecule has 60 heavy (non-hydrogen) atoms. The Morgan fingerprint density at radius 3 is 1.03 bits per heavy atom. The average molecular weight is 764 g/mol. The summed E-state index contributed by atoms with van der Waals surface area (Å²) in [5, 5.41) is 26.8. The van der Waals surface area contributed by atoms with E-state index in [4.69, 9.17) is 0 Å². The number of hydrogen-bond donors (Lipinski definition) is 5. The highest BCUT2D eigenvalue weighted by Crippen LogP contribution is 2.16. The number of carbonyl (C=O) groups excluding carboxylic acids is 3. The zero-order valence-corrected chi connectivity index (χ0v) is 30.9. The van der Waals surface area contributed by atoms with E-state index in [1.807, 2.05) is 0 Å². The zero-order chi connectivity index (χ0) is 43.3. The average Bonchev–Trinajstić information content (AvgIpc) is 3.24. The summed E-state index contributed by atoms with van der Waals surface area (Å²) in [4.78, 5) is 37.7. The van der Waals surface area contributed by atoms with Gasteiger partial charge in [-0.2, -0.15) is 0 Å². The van der Waals surface area contributed by atoms with Crippen LogP contribution in [0.3, 0.4) is 0 Å². The molecule has 0 aliphatic carbocycles. The maximum atomic E-state index is 13.0. The van der Waals surface area contributed by atoms with Gasteiger partial charge in [-0.1, -0.05) is 5.73 Å². The SMILES string of the molecule is C=C=C=C=C=C=C=C=C=C=C=C=C=C=C=C=C=C=C=C=C=C=C=C=C=C=C=C=C=C=C=C=C=C=C=C(NC(=O)c1ccc(O)cc1)NC(=O)c1cc(O)cc(C(=O)NC)c1. The molecule has 0 radical (unpaired) electrons. The van der Waals surface area contributed by atoms with E-state index in [1.54, 1.807) is 0 Å². The first-order valence-electron chi connectivity index (χ1n) is 16.0. The van der Waals surface area contributed by atoms with Crippen molar-refractivity contribution < 1.29 is 24.6 Å². The molecule has 0 heterocycles. The van der Waals surface area contributed by atoms with Crippen LogP contribution in [0.15, 0.2) is 250 Å². The van der Waals surface area contributed by atoms with Gasteiger partial charge in [-0.25, -0.2) is 0 Å². The molecule has 3 amide bonds. The Morgan fingerprint density at radius 2 is 0.700 bits per heavy atom. The maximum Gasteiger partial charge on any atom is 0.257 e. The fourth-order valence-electron chi connectivity index (χ4n) is 3.17. The molecule has 0 aliphatic heterocycles. The third kappa shape index (κ3) is 21.3. The monoisotopic (exact) mass is 763 g/mol. The summed E-state index contributed by atoms with van der Waals surface area (Å²) in [6.07, 6.45) is 0. The minimum atomic E-state index is -0.797. The molecule has 8 heteroatoms. The van der Waals surface area contributed by atoms with Gasteiger partial charge in [0.2, 0.25) is 0 Å². The second kappa shape index (κ2) is 29.2. The van der Waals surface area contributed by atoms with E-state index in [0.29, 0.717) is 0 Å². The van der Waals surface area contributed by atoms with Gasteiger partial charge in [0.25, 0.3) is 17.7 Å². The molecule has 5 N–H and O–H groups in total. The van der Waals surface area contributed by atoms with E-state index in [-0.39, 0.29) is 34.0 Å². The summed E-state index contributed by atoms with van der Waals surface area (Å²) < 4.78 is 0. The normalized spacial score (nSPS) is 6.55. The number of hydrogen-bond acceptors (Lipinski definition) is 5. The number of phenols is 2. The summed E-state index contributed by atoms with van der Waals surface area (Å²) in [5.41, 5.74) is 84.1. The summed E-state index contributed by atoms with van der Waals surface area (Å²) in [6.45, 7) is 3.31. The topological polar surface area (TPSA) is 128 Å². The maximum absolute atomic E-state index is 13.0. The van der Waals surface area contributed by atoms with Crippen LogP contribution in [0.2, 0.25) is 0 Å². The highest BCUT2D eigenvalue weighted by molar-refractivity contribution is 6.01. The van der Waals surface area contributed by atoms with E-state index in [2.05, 4.69) is 217 Å². The molecule has 0 fully saturated rings. The van der Waals surface area contributed by atoms with Crippen LogP contribution in [-0.2, 0) is 0 Å². The van der Waals surface area contributed by atoms with Gasteiger partial charge in [0.05, 0.1) is 0 Å². The molecule has 0 aliphatic rings. The summed E-state index contributed by atoms with van der Waals surface area (Å²) >= 11 is 0. The molecular formula is C52H17N3O5. The largest absolute Gasteiger partial charge is 0.508 e. The molecule has 0 saturated carbocycles. The van der Waals surface area contributed by atoms with Crippen molar-refractivity contribution in [2.75, 3.05) is 7.05 Å². The van der Waals surface area contributed by atoms with E-state index in [1.165, 1.54) is 43.4 Å². The van der Waals surface area contributed by atoms with E-state index in [0.717, 1.165) is 6.07 Å². The fourth-order valence-corrected chi connectivity index (χ4v) is 3.17. The van der Waals surface area contributed by atoms with Crippen molar-refractivity contribution in [1.29, 1.82) is 0 Å². The number of benzene rings is 2. The van der Waals surface area contributed by atoms with Crippen LogP contribution in [0.5, 0.6) is 11.5 Å². The first-order valence-corrected chi connectivity index (χ1v) is 16.0. The minimum Gasteiger partial charge on any atom is -0.508 e. The lowest BCUT2D eigenvalue weighted by Gasteiger charge is -2.10. The van der Waals surface area contributed by atoms with Gasteiger partial charge in [-0.05, 0) is 146 Å². The molecule has 2 rings (SSSR count). The minimum absolute atomic E-state index is 0.0268. The van der Waals surface area contributed by atoms with Crippen molar-refractivity contribution in [1.82, 2.24) is 16.0 Å². The summed E-state index contributed by atoms with van der Waals surface area (Å²) in [7, 11) is 1.39. The van der Waals surface area contributed by atoms with Crippen molar-refractivity contribution in [2.24, 2.45) is 0 Å². The Morgan fingerprint density at radius 1 is 0.400 bits per heavy atom. The van der Waals surface area contributed by atoms with Gasteiger partial charge in [0.1, 0.15) is 11.5 Å². The molecular weight excluding hydrogens is 747 g/mol. The van der Waals surface area contributed by atoms with Crippen molar-refractivity contribution in [3.05, 3.63) is 266 Å². The van der Waals surface area contributed by atoms with Gasteiger partial charge in [-0.15, -0.1) is 0 Å². The molecule has 8 nitrogen and oxygen atoms in total. The Labute approximate surface area is 342 Å². The second-order valence-electron chi connectivity index (χ2n) is 9.48. The Balaban J connectivity index is 2.41. The van der Waals surface area contributed by atoms with Gasteiger partial charge >= 0.3 is 0 Å². The molecule has 0 bridgehead atoms. The summed E-state index contributed by atoms with van der Waals surface area (Å²) in [5.74, 6) is -2.65. The fraction of sp³-hybridized carbons (Fsp3) is 0.0192. The quantitative estimate of drug-likeness (QED) is 0.227. The molecule has 0 aromatic heterocycles. The van der Waals surface area contributed by atoms with Crippen molar-refractivity contribution in [3.8, 4) is 11.5 Å². The number of amides is 3. The molecule has 0 unspecified atom stereocenters. The van der Waals surface area contributed by atoms with Gasteiger partial charge in [0, 0.05) is 115 Å². The van der Waals surface area contributed by atoms with E-state index >= 15 is 0 Å². The predicted molar refractivity (Wildman–Crippen MR) is 213 cm³/mol. The van der Waals surface area contributed by atoms with Gasteiger partial charge < -0.3 is 26.2 Å². The molecule has 0 atom stereocenters. The first kappa shape index (κ1) is 44.9. The van der Waals surface area contributed by atoms with E-state index in [9.17, 15) is 24.6 Å². The Hall–Kier alpha value is -11.3. The third-order valence-corrected chi connectivity index (χ3v) is 5.49. The van der Waals surface area contributed by atoms with Crippen LogP contribution in [0.4, 0.5) is 0 Å². The highest BCUT2D eigenvalue weighted by Gasteiger charge is 2.15. The van der Waals surface area contributed by atoms with Crippen molar-refractivity contribution >= 4 is 17.7 Å². The first-order chi connectivity index (χ1) is 29.3. The number of aromatic hydroxyl groups is 2. The van der Waals surface area contributed by atoms with Crippen LogP contribution in [0.25, 0.3) is 0 Å². The molecule has 2 aromatic carbocycles. The van der Waals surface area contributed by atoms with Gasteiger partial charge in [-0.3, -0.25) is 14.4 Å². The van der Waals surface area contributed by atoms with Crippen molar-refractivity contribution in [2.45, 2.75) is 0 Å². The lowest BCUT2D eigenvalue weighted by molar-refractivity contribution is 0.0941. The molecule has 0 spiro atoms. The predicted octanol–water partition coefficient (Wildman–Crippen LogP) is 6.36. The van der Waals surface area contributed by atoms with Crippen LogP contribution in [-0.4, -0.2) is 35.0 Å². The highest BCUT2D eigenvalue weighted by atomic mass is 16.3. The van der Waals surface area contributed by atoms with Crippen LogP contribution in [0, 0.1) is 0 Å². The van der Waals surface area contributed by atoms with E-state index < -0.39 is 17.7 Å². The zero-order valence-electron chi connectivity index (χ0n) is 30.9. The third-order valence-electron chi connectivity index (χ3n) is 5.49. The standard InChI is InChI=1S/C52H17N3O5/c1-3-4-5-6-7-8-9-10-11-12-13-14-15-16-17-18-19-20-21-22-23-24-25-26-27-28-29-30-31-32-33-34-35-36-49(54-51(59)44-37-39-47(56)40-38-44)55-52(60)46-41-45(50(58)53-2)42-48(57)43-46/h37-43,56-57H,1H2,2H3,(H,53,58)(H,54,59)(H,55,60). The van der Waals surface area contributed by atoms with Crippen molar-refractivity contribution in [3.63, 3.8) is 0 Å². The Kier molecular flexibility index (Phi) is 21.8. The summed E-state index contributed by atoms with van der Waals surface area (Å²) in [6, 6.07) is 8.87. The number of nitrogens with one attached hydrogen (secondary N) is 3. The number of carbonyl (C=O) groups is 3. The number of rotatable bonds is 5.